The van der Waals surface area contributed by atoms with Crippen LogP contribution in [0.15, 0.2) is 12.1 Å². The summed E-state index contributed by atoms with van der Waals surface area (Å²) in [4.78, 5) is 10.8. The second kappa shape index (κ2) is 6.62. The number of carbonyl (C=O) groups is 1. The van der Waals surface area contributed by atoms with Crippen molar-refractivity contribution < 1.29 is 24.1 Å². The van der Waals surface area contributed by atoms with Crippen molar-refractivity contribution in [2.24, 2.45) is 0 Å². The number of benzene rings is 1. The Morgan fingerprint density at radius 3 is 1.75 bits per heavy atom. The molecule has 1 rings (SSSR count). The first-order valence-corrected chi connectivity index (χ1v) is 4.17. The summed E-state index contributed by atoms with van der Waals surface area (Å²) in [6, 6.07) is 2.76. The SMILES string of the molecule is COc1cc(C(=O)O)cc(OC)c1OC.[NaH]. The van der Waals surface area contributed by atoms with Gasteiger partial charge in [-0.1, -0.05) is 0 Å². The zero-order chi connectivity index (χ0) is 11.4. The van der Waals surface area contributed by atoms with Crippen LogP contribution < -0.4 is 14.2 Å². The fourth-order valence-corrected chi connectivity index (χ4v) is 1.20. The number of carboxylic acids is 1. The van der Waals surface area contributed by atoms with Gasteiger partial charge in [0.2, 0.25) is 5.75 Å². The molecule has 1 aromatic carbocycles. The maximum absolute atomic E-state index is 10.8. The molecule has 0 aromatic heterocycles. The summed E-state index contributed by atoms with van der Waals surface area (Å²) in [6.45, 7) is 0. The van der Waals surface area contributed by atoms with Crippen molar-refractivity contribution >= 4 is 35.5 Å². The third-order valence-corrected chi connectivity index (χ3v) is 1.91. The van der Waals surface area contributed by atoms with Crippen LogP contribution in [-0.4, -0.2) is 62.0 Å². The van der Waals surface area contributed by atoms with Crippen molar-refractivity contribution in [1.82, 2.24) is 0 Å². The Balaban J connectivity index is 0.00000225. The van der Waals surface area contributed by atoms with E-state index in [1.54, 1.807) is 0 Å². The Kier molecular flexibility index (Phi) is 6.25. The van der Waals surface area contributed by atoms with E-state index < -0.39 is 5.97 Å². The van der Waals surface area contributed by atoms with Crippen LogP contribution in [0.25, 0.3) is 0 Å². The zero-order valence-corrected chi connectivity index (χ0v) is 8.73. The summed E-state index contributed by atoms with van der Waals surface area (Å²) in [5, 5.41) is 8.84. The standard InChI is InChI=1S/C10H12O5.Na.H/c1-13-7-4-6(10(11)12)5-8(14-2)9(7)15-3;;/h4-5H,1-3H3,(H,11,12);;. The Morgan fingerprint density at radius 1 is 1.06 bits per heavy atom. The van der Waals surface area contributed by atoms with Crippen molar-refractivity contribution in [3.63, 3.8) is 0 Å². The average molecular weight is 236 g/mol. The van der Waals surface area contributed by atoms with E-state index in [-0.39, 0.29) is 35.1 Å². The van der Waals surface area contributed by atoms with E-state index in [4.69, 9.17) is 19.3 Å². The molecule has 0 saturated heterocycles. The van der Waals surface area contributed by atoms with Gasteiger partial charge in [0.1, 0.15) is 0 Å². The molecule has 1 N–H and O–H groups in total. The van der Waals surface area contributed by atoms with Gasteiger partial charge in [0.05, 0.1) is 26.9 Å². The molecule has 84 valence electrons. The molecule has 5 nitrogen and oxygen atoms in total. The monoisotopic (exact) mass is 236 g/mol. The third-order valence-electron chi connectivity index (χ3n) is 1.91. The van der Waals surface area contributed by atoms with Gasteiger partial charge in [-0.3, -0.25) is 0 Å². The number of hydrogen-bond donors (Lipinski definition) is 1. The van der Waals surface area contributed by atoms with E-state index in [2.05, 4.69) is 0 Å². The van der Waals surface area contributed by atoms with Crippen molar-refractivity contribution in [2.45, 2.75) is 0 Å². The van der Waals surface area contributed by atoms with Crippen molar-refractivity contribution in [1.29, 1.82) is 0 Å². The summed E-state index contributed by atoms with van der Waals surface area (Å²) in [6.07, 6.45) is 0. The molecule has 0 aliphatic heterocycles. The minimum absolute atomic E-state index is 0. The van der Waals surface area contributed by atoms with Crippen LogP contribution in [0.1, 0.15) is 10.4 Å². The third kappa shape index (κ3) is 3.04. The van der Waals surface area contributed by atoms with E-state index >= 15 is 0 Å². The van der Waals surface area contributed by atoms with Crippen LogP contribution in [0.3, 0.4) is 0 Å². The molecular formula is C10H13NaO5. The van der Waals surface area contributed by atoms with Gasteiger partial charge >= 0.3 is 35.5 Å². The number of carboxylic acid groups (broad SMARTS) is 1. The van der Waals surface area contributed by atoms with E-state index in [1.165, 1.54) is 33.5 Å². The van der Waals surface area contributed by atoms with E-state index in [1.807, 2.05) is 0 Å². The summed E-state index contributed by atoms with van der Waals surface area (Å²) in [7, 11) is 4.33. The predicted octanol–water partition coefficient (Wildman–Crippen LogP) is 0.762. The second-order valence-corrected chi connectivity index (χ2v) is 2.72. The first-order chi connectivity index (χ1) is 7.13. The van der Waals surface area contributed by atoms with Crippen molar-refractivity contribution in [2.75, 3.05) is 21.3 Å². The fourth-order valence-electron chi connectivity index (χ4n) is 1.20. The molecule has 1 aromatic rings. The Bertz CT molecular complexity index is 352. The molecule has 0 amide bonds. The molecule has 0 spiro atoms. The Hall–Kier alpha value is -0.910. The maximum atomic E-state index is 10.8. The van der Waals surface area contributed by atoms with Crippen LogP contribution in [0.4, 0.5) is 0 Å². The van der Waals surface area contributed by atoms with Crippen LogP contribution in [0.5, 0.6) is 17.2 Å². The number of rotatable bonds is 4. The molecule has 0 radical (unpaired) electrons. The van der Waals surface area contributed by atoms with Gasteiger partial charge in [-0.05, 0) is 12.1 Å². The van der Waals surface area contributed by atoms with Crippen molar-refractivity contribution in [3.8, 4) is 17.2 Å². The Morgan fingerprint density at radius 2 is 1.50 bits per heavy atom. The van der Waals surface area contributed by atoms with E-state index in [0.717, 1.165) is 0 Å². The fraction of sp³-hybridized carbons (Fsp3) is 0.300. The molecule has 0 aliphatic rings. The minimum atomic E-state index is -1.05. The topological polar surface area (TPSA) is 65.0 Å². The average Bonchev–Trinajstić information content (AvgIpc) is 2.26. The predicted molar refractivity (Wildman–Crippen MR) is 60.2 cm³/mol. The number of hydrogen-bond acceptors (Lipinski definition) is 4. The van der Waals surface area contributed by atoms with Crippen LogP contribution in [0, 0.1) is 0 Å². The molecular weight excluding hydrogens is 223 g/mol. The molecule has 0 aliphatic carbocycles. The number of ether oxygens (including phenoxy) is 3. The second-order valence-electron chi connectivity index (χ2n) is 2.72. The van der Waals surface area contributed by atoms with Gasteiger partial charge < -0.3 is 19.3 Å². The van der Waals surface area contributed by atoms with Gasteiger partial charge in [0, 0.05) is 0 Å². The number of methoxy groups -OCH3 is 3. The van der Waals surface area contributed by atoms with Gasteiger partial charge in [-0.15, -0.1) is 0 Å². The molecule has 0 heterocycles. The summed E-state index contributed by atoms with van der Waals surface area (Å²) in [5.41, 5.74) is 0.0875. The number of aromatic carboxylic acids is 1. The molecule has 6 heteroatoms. The zero-order valence-electron chi connectivity index (χ0n) is 8.73. The van der Waals surface area contributed by atoms with Gasteiger partial charge in [-0.2, -0.15) is 0 Å². The van der Waals surface area contributed by atoms with Gasteiger partial charge in [0.15, 0.2) is 11.5 Å². The normalized spacial score (nSPS) is 8.94. The quantitative estimate of drug-likeness (QED) is 0.782. The van der Waals surface area contributed by atoms with E-state index in [0.29, 0.717) is 17.2 Å². The first kappa shape index (κ1) is 15.1. The van der Waals surface area contributed by atoms with Gasteiger partial charge in [0.25, 0.3) is 0 Å². The molecule has 0 saturated carbocycles. The molecule has 0 atom stereocenters. The van der Waals surface area contributed by atoms with Crippen molar-refractivity contribution in [3.05, 3.63) is 17.7 Å². The van der Waals surface area contributed by atoms with Crippen LogP contribution >= 0.6 is 0 Å². The van der Waals surface area contributed by atoms with Crippen LogP contribution in [-0.2, 0) is 0 Å². The van der Waals surface area contributed by atoms with E-state index in [9.17, 15) is 4.79 Å². The Labute approximate surface area is 116 Å². The molecule has 16 heavy (non-hydrogen) atoms. The molecule has 0 fully saturated rings. The molecule has 0 bridgehead atoms. The van der Waals surface area contributed by atoms with Crippen LogP contribution in [0.2, 0.25) is 0 Å². The van der Waals surface area contributed by atoms with Gasteiger partial charge in [-0.25, -0.2) is 4.79 Å². The summed E-state index contributed by atoms with van der Waals surface area (Å²) < 4.78 is 15.1. The summed E-state index contributed by atoms with van der Waals surface area (Å²) in [5.74, 6) is -0.0113. The first-order valence-electron chi connectivity index (χ1n) is 4.17. The summed E-state index contributed by atoms with van der Waals surface area (Å²) >= 11 is 0. The molecule has 0 unspecified atom stereocenters.